The van der Waals surface area contributed by atoms with Gasteiger partial charge >= 0.3 is 0 Å². The molecule has 2 heterocycles. The summed E-state index contributed by atoms with van der Waals surface area (Å²) in [7, 11) is 0. The van der Waals surface area contributed by atoms with Gasteiger partial charge in [-0.15, -0.1) is 0 Å². The summed E-state index contributed by atoms with van der Waals surface area (Å²) in [5.74, 6) is 0.0623. The number of nitrogens with two attached hydrogens (primary N) is 1. The molecular weight excluding hydrogens is 258 g/mol. The first kappa shape index (κ1) is 15.3. The summed E-state index contributed by atoms with van der Waals surface area (Å²) in [4.78, 5) is 26.2. The molecule has 0 aliphatic carbocycles. The summed E-state index contributed by atoms with van der Waals surface area (Å²) in [6, 6.07) is 0. The Balaban J connectivity index is 1.85. The zero-order valence-corrected chi connectivity index (χ0v) is 12.0. The van der Waals surface area contributed by atoms with E-state index < -0.39 is 0 Å². The lowest BCUT2D eigenvalue weighted by Gasteiger charge is -2.35. The molecule has 2 saturated heterocycles. The van der Waals surface area contributed by atoms with E-state index in [1.807, 2.05) is 4.90 Å². The van der Waals surface area contributed by atoms with Gasteiger partial charge in [-0.05, 0) is 25.7 Å². The molecule has 2 amide bonds. The van der Waals surface area contributed by atoms with E-state index in [-0.39, 0.29) is 23.7 Å². The van der Waals surface area contributed by atoms with Gasteiger partial charge in [-0.3, -0.25) is 9.59 Å². The van der Waals surface area contributed by atoms with Gasteiger partial charge in [-0.25, -0.2) is 0 Å². The highest BCUT2D eigenvalue weighted by molar-refractivity contribution is 5.82. The molecule has 0 saturated carbocycles. The minimum atomic E-state index is -0.0937. The van der Waals surface area contributed by atoms with Crippen molar-refractivity contribution in [1.29, 1.82) is 0 Å². The standard InChI is InChI=1S/C14H25N3O3/c15-5-6-16-13(18)11-3-1-7-17(9-11)14(19)12-4-2-8-20-10-12/h11-12H,1-10,15H2,(H,16,18). The number of carbonyl (C=O) groups excluding carboxylic acids is 2. The van der Waals surface area contributed by atoms with Crippen LogP contribution in [0.25, 0.3) is 0 Å². The summed E-state index contributed by atoms with van der Waals surface area (Å²) in [6.07, 6.45) is 3.59. The molecule has 0 radical (unpaired) electrons. The molecule has 114 valence electrons. The maximum absolute atomic E-state index is 12.4. The molecule has 2 fully saturated rings. The first-order chi connectivity index (χ1) is 9.72. The number of nitrogens with zero attached hydrogens (tertiary/aromatic N) is 1. The number of amides is 2. The van der Waals surface area contributed by atoms with E-state index in [1.54, 1.807) is 0 Å². The Bertz CT molecular complexity index is 343. The Morgan fingerprint density at radius 2 is 2.05 bits per heavy atom. The lowest BCUT2D eigenvalue weighted by Crippen LogP contribution is -2.48. The van der Waals surface area contributed by atoms with E-state index >= 15 is 0 Å². The van der Waals surface area contributed by atoms with Crippen LogP contribution < -0.4 is 11.1 Å². The molecule has 20 heavy (non-hydrogen) atoms. The summed E-state index contributed by atoms with van der Waals surface area (Å²) in [5, 5.41) is 2.81. The first-order valence-electron chi connectivity index (χ1n) is 7.56. The molecule has 6 nitrogen and oxygen atoms in total. The summed E-state index contributed by atoms with van der Waals surface area (Å²) >= 11 is 0. The minimum Gasteiger partial charge on any atom is -0.381 e. The fourth-order valence-corrected chi connectivity index (χ4v) is 2.92. The van der Waals surface area contributed by atoms with Crippen LogP contribution in [0.4, 0.5) is 0 Å². The highest BCUT2D eigenvalue weighted by Gasteiger charge is 2.32. The minimum absolute atomic E-state index is 0.0189. The molecule has 0 aromatic rings. The van der Waals surface area contributed by atoms with Crippen LogP contribution >= 0.6 is 0 Å². The van der Waals surface area contributed by atoms with Crippen molar-refractivity contribution in [2.45, 2.75) is 25.7 Å². The number of carbonyl (C=O) groups is 2. The number of nitrogens with one attached hydrogen (secondary N) is 1. The van der Waals surface area contributed by atoms with E-state index in [0.717, 1.165) is 38.8 Å². The summed E-state index contributed by atoms with van der Waals surface area (Å²) in [5.41, 5.74) is 5.39. The van der Waals surface area contributed by atoms with Gasteiger partial charge in [-0.2, -0.15) is 0 Å². The highest BCUT2D eigenvalue weighted by Crippen LogP contribution is 2.22. The van der Waals surface area contributed by atoms with Crippen LogP contribution in [0.3, 0.4) is 0 Å². The lowest BCUT2D eigenvalue weighted by atomic mass is 9.94. The van der Waals surface area contributed by atoms with Crippen molar-refractivity contribution >= 4 is 11.8 Å². The number of hydrogen-bond donors (Lipinski definition) is 2. The van der Waals surface area contributed by atoms with Crippen LogP contribution in [-0.4, -0.2) is 56.1 Å². The van der Waals surface area contributed by atoms with E-state index in [1.165, 1.54) is 0 Å². The summed E-state index contributed by atoms with van der Waals surface area (Å²) in [6.45, 7) is 3.52. The second-order valence-electron chi connectivity index (χ2n) is 5.62. The van der Waals surface area contributed by atoms with Crippen LogP contribution in [0.5, 0.6) is 0 Å². The lowest BCUT2D eigenvalue weighted by molar-refractivity contribution is -0.142. The topological polar surface area (TPSA) is 84.7 Å². The third kappa shape index (κ3) is 3.93. The molecule has 2 atom stereocenters. The normalized spacial score (nSPS) is 27.1. The van der Waals surface area contributed by atoms with Crippen LogP contribution in [-0.2, 0) is 14.3 Å². The molecule has 2 aliphatic heterocycles. The number of likely N-dealkylation sites (tertiary alicyclic amines) is 1. The van der Waals surface area contributed by atoms with Crippen LogP contribution in [0.15, 0.2) is 0 Å². The van der Waals surface area contributed by atoms with Crippen molar-refractivity contribution in [2.24, 2.45) is 17.6 Å². The predicted octanol–water partition coefficient (Wildman–Crippen LogP) is -0.273. The Hall–Kier alpha value is -1.14. The maximum Gasteiger partial charge on any atom is 0.228 e. The van der Waals surface area contributed by atoms with Crippen molar-refractivity contribution in [3.05, 3.63) is 0 Å². The van der Waals surface area contributed by atoms with E-state index in [0.29, 0.717) is 26.2 Å². The fraction of sp³-hybridized carbons (Fsp3) is 0.857. The SMILES string of the molecule is NCCNC(=O)C1CCCN(C(=O)C2CCCOC2)C1. The van der Waals surface area contributed by atoms with Gasteiger partial charge in [0.15, 0.2) is 0 Å². The van der Waals surface area contributed by atoms with Crippen LogP contribution in [0, 0.1) is 11.8 Å². The smallest absolute Gasteiger partial charge is 0.228 e. The second-order valence-corrected chi connectivity index (χ2v) is 5.62. The van der Waals surface area contributed by atoms with Crippen LogP contribution in [0.1, 0.15) is 25.7 Å². The number of rotatable bonds is 4. The zero-order valence-electron chi connectivity index (χ0n) is 12.0. The van der Waals surface area contributed by atoms with E-state index in [9.17, 15) is 9.59 Å². The molecule has 2 unspecified atom stereocenters. The van der Waals surface area contributed by atoms with Crippen molar-refractivity contribution in [3.8, 4) is 0 Å². The molecule has 0 spiro atoms. The van der Waals surface area contributed by atoms with Gasteiger partial charge in [-0.1, -0.05) is 0 Å². The van der Waals surface area contributed by atoms with Gasteiger partial charge in [0.1, 0.15) is 0 Å². The fourth-order valence-electron chi connectivity index (χ4n) is 2.92. The first-order valence-corrected chi connectivity index (χ1v) is 7.56. The second kappa shape index (κ2) is 7.59. The van der Waals surface area contributed by atoms with E-state index in [4.69, 9.17) is 10.5 Å². The molecule has 0 bridgehead atoms. The number of piperidine rings is 1. The Kier molecular flexibility index (Phi) is 5.79. The maximum atomic E-state index is 12.4. The Morgan fingerprint density at radius 1 is 1.25 bits per heavy atom. The molecule has 2 aliphatic rings. The molecular formula is C14H25N3O3. The monoisotopic (exact) mass is 283 g/mol. The van der Waals surface area contributed by atoms with Gasteiger partial charge in [0, 0.05) is 32.8 Å². The molecule has 0 aromatic heterocycles. The number of hydrogen-bond acceptors (Lipinski definition) is 4. The average molecular weight is 283 g/mol. The van der Waals surface area contributed by atoms with Crippen molar-refractivity contribution in [3.63, 3.8) is 0 Å². The molecule has 3 N–H and O–H groups in total. The summed E-state index contributed by atoms with van der Waals surface area (Å²) < 4.78 is 5.38. The third-order valence-electron chi connectivity index (χ3n) is 4.06. The van der Waals surface area contributed by atoms with Gasteiger partial charge in [0.2, 0.25) is 11.8 Å². The predicted molar refractivity (Wildman–Crippen MR) is 74.9 cm³/mol. The highest BCUT2D eigenvalue weighted by atomic mass is 16.5. The third-order valence-corrected chi connectivity index (χ3v) is 4.06. The number of ether oxygens (including phenoxy) is 1. The van der Waals surface area contributed by atoms with Gasteiger partial charge in [0.05, 0.1) is 18.4 Å². The average Bonchev–Trinajstić information content (AvgIpc) is 2.52. The Morgan fingerprint density at radius 3 is 2.75 bits per heavy atom. The molecule has 2 rings (SSSR count). The van der Waals surface area contributed by atoms with Gasteiger partial charge in [0.25, 0.3) is 0 Å². The Labute approximate surface area is 120 Å². The largest absolute Gasteiger partial charge is 0.381 e. The van der Waals surface area contributed by atoms with Crippen LogP contribution in [0.2, 0.25) is 0 Å². The molecule has 6 heteroatoms. The van der Waals surface area contributed by atoms with Crippen molar-refractivity contribution in [2.75, 3.05) is 39.4 Å². The van der Waals surface area contributed by atoms with Crippen molar-refractivity contribution in [1.82, 2.24) is 10.2 Å². The molecule has 0 aromatic carbocycles. The quantitative estimate of drug-likeness (QED) is 0.743. The van der Waals surface area contributed by atoms with E-state index in [2.05, 4.69) is 5.32 Å². The zero-order chi connectivity index (χ0) is 14.4. The van der Waals surface area contributed by atoms with Crippen molar-refractivity contribution < 1.29 is 14.3 Å². The van der Waals surface area contributed by atoms with Gasteiger partial charge < -0.3 is 20.7 Å².